The number of hydrogen-bond acceptors (Lipinski definition) is 3. The minimum atomic E-state index is -3.36. The van der Waals surface area contributed by atoms with Crippen LogP contribution in [0.25, 0.3) is 0 Å². The smallest absolute Gasteiger partial charge is 0.299 e. The van der Waals surface area contributed by atoms with Crippen LogP contribution in [-0.4, -0.2) is 11.2 Å². The van der Waals surface area contributed by atoms with Gasteiger partial charge < -0.3 is 0 Å². The van der Waals surface area contributed by atoms with Crippen molar-refractivity contribution < 1.29 is 13.6 Å². The summed E-state index contributed by atoms with van der Waals surface area (Å²) in [5, 5.41) is 0.570. The molecule has 0 aliphatic carbocycles. The largest absolute Gasteiger partial charge is 0.362 e. The minimum Gasteiger partial charge on any atom is -0.299 e. The van der Waals surface area contributed by atoms with Gasteiger partial charge in [-0.2, -0.15) is 0 Å². The summed E-state index contributed by atoms with van der Waals surface area (Å²) in [5.41, 5.74) is -1.10. The molecule has 1 aromatic rings. The lowest BCUT2D eigenvalue weighted by Gasteiger charge is -2.32. The second-order valence-electron chi connectivity index (χ2n) is 6.38. The Bertz CT molecular complexity index is 449. The first-order valence-electron chi connectivity index (χ1n) is 6.19. The molecule has 0 spiro atoms. The molecule has 0 fully saturated rings. The van der Waals surface area contributed by atoms with E-state index >= 15 is 0 Å². The topological polar surface area (TPSA) is 35.5 Å². The SMILES string of the molecule is CC(C)(C)OP(=O)(OC(C)(C)C)c1ccc(Br)cc1. The first-order chi connectivity index (χ1) is 8.41. The lowest BCUT2D eigenvalue weighted by molar-refractivity contribution is 0.0548. The summed E-state index contributed by atoms with van der Waals surface area (Å²) in [7, 11) is -3.36. The summed E-state index contributed by atoms with van der Waals surface area (Å²) < 4.78 is 25.5. The molecule has 0 saturated carbocycles. The molecule has 0 aromatic heterocycles. The van der Waals surface area contributed by atoms with Crippen LogP contribution in [0.1, 0.15) is 41.5 Å². The van der Waals surface area contributed by atoms with Crippen LogP contribution in [0.3, 0.4) is 0 Å². The zero-order chi connectivity index (χ0) is 14.9. The van der Waals surface area contributed by atoms with E-state index in [1.165, 1.54) is 0 Å². The Labute approximate surface area is 124 Å². The predicted molar refractivity (Wildman–Crippen MR) is 83.1 cm³/mol. The maximum atomic E-state index is 13.1. The van der Waals surface area contributed by atoms with E-state index < -0.39 is 18.8 Å². The van der Waals surface area contributed by atoms with Gasteiger partial charge in [0.25, 0.3) is 0 Å². The molecule has 108 valence electrons. The fraction of sp³-hybridized carbons (Fsp3) is 0.571. The molecule has 3 nitrogen and oxygen atoms in total. The molecule has 0 saturated heterocycles. The zero-order valence-electron chi connectivity index (χ0n) is 12.4. The third-order valence-corrected chi connectivity index (χ3v) is 4.97. The quantitative estimate of drug-likeness (QED) is 0.729. The molecule has 0 atom stereocenters. The van der Waals surface area contributed by atoms with Gasteiger partial charge >= 0.3 is 7.60 Å². The van der Waals surface area contributed by atoms with Crippen LogP contribution in [0.15, 0.2) is 28.7 Å². The Morgan fingerprint density at radius 1 is 0.895 bits per heavy atom. The van der Waals surface area contributed by atoms with E-state index in [-0.39, 0.29) is 0 Å². The van der Waals surface area contributed by atoms with Crippen molar-refractivity contribution in [1.29, 1.82) is 0 Å². The van der Waals surface area contributed by atoms with Gasteiger partial charge in [-0.1, -0.05) is 15.9 Å². The average molecular weight is 349 g/mol. The number of halogens is 1. The molecular weight excluding hydrogens is 327 g/mol. The Morgan fingerprint density at radius 2 is 1.26 bits per heavy atom. The first-order valence-corrected chi connectivity index (χ1v) is 8.53. The van der Waals surface area contributed by atoms with Crippen molar-refractivity contribution in [2.45, 2.75) is 52.7 Å². The molecule has 5 heteroatoms. The standard InChI is InChI=1S/C14H22BrO3P/c1-13(2,3)17-19(16,18-14(4,5)6)12-9-7-11(15)8-10-12/h7-10H,1-6H3. The second-order valence-corrected chi connectivity index (χ2v) is 9.17. The normalized spacial score (nSPS) is 13.6. The number of benzene rings is 1. The molecule has 19 heavy (non-hydrogen) atoms. The Balaban J connectivity index is 3.19. The van der Waals surface area contributed by atoms with E-state index in [9.17, 15) is 4.57 Å². The molecule has 0 aliphatic rings. The molecule has 0 radical (unpaired) electrons. The third kappa shape index (κ3) is 5.78. The van der Waals surface area contributed by atoms with E-state index in [2.05, 4.69) is 15.9 Å². The second kappa shape index (κ2) is 5.69. The van der Waals surface area contributed by atoms with Crippen LogP contribution in [0.5, 0.6) is 0 Å². The van der Waals surface area contributed by atoms with Crippen LogP contribution in [0, 0.1) is 0 Å². The van der Waals surface area contributed by atoms with Crippen molar-refractivity contribution in [2.75, 3.05) is 0 Å². The molecule has 0 unspecified atom stereocenters. The monoisotopic (exact) mass is 348 g/mol. The Kier molecular flexibility index (Phi) is 5.06. The van der Waals surface area contributed by atoms with Gasteiger partial charge in [-0.15, -0.1) is 0 Å². The van der Waals surface area contributed by atoms with Gasteiger partial charge in [0.2, 0.25) is 0 Å². The highest BCUT2D eigenvalue weighted by molar-refractivity contribution is 9.10. The lowest BCUT2D eigenvalue weighted by Crippen LogP contribution is -2.27. The van der Waals surface area contributed by atoms with Crippen LogP contribution in [0.2, 0.25) is 0 Å². The minimum absolute atomic E-state index is 0.548. The summed E-state index contributed by atoms with van der Waals surface area (Å²) in [5.74, 6) is 0. The fourth-order valence-electron chi connectivity index (χ4n) is 1.47. The average Bonchev–Trinajstić information content (AvgIpc) is 2.11. The van der Waals surface area contributed by atoms with E-state index in [1.54, 1.807) is 12.1 Å². The van der Waals surface area contributed by atoms with E-state index in [1.807, 2.05) is 53.7 Å². The van der Waals surface area contributed by atoms with Gasteiger partial charge in [0.05, 0.1) is 16.5 Å². The summed E-state index contributed by atoms with van der Waals surface area (Å²) in [6.45, 7) is 11.2. The Morgan fingerprint density at radius 3 is 1.58 bits per heavy atom. The molecule has 1 rings (SSSR count). The molecule has 0 bridgehead atoms. The van der Waals surface area contributed by atoms with Gasteiger partial charge in [0.1, 0.15) is 0 Å². The van der Waals surface area contributed by atoms with E-state index in [0.29, 0.717) is 5.30 Å². The molecular formula is C14H22BrO3P. The van der Waals surface area contributed by atoms with Gasteiger partial charge in [-0.3, -0.25) is 13.6 Å². The van der Waals surface area contributed by atoms with Crippen molar-refractivity contribution >= 4 is 28.8 Å². The summed E-state index contributed by atoms with van der Waals surface area (Å²) in [6.07, 6.45) is 0. The molecule has 0 heterocycles. The summed E-state index contributed by atoms with van der Waals surface area (Å²) in [6, 6.07) is 7.20. The van der Waals surface area contributed by atoms with E-state index in [0.717, 1.165) is 4.47 Å². The molecule has 0 N–H and O–H groups in total. The lowest BCUT2D eigenvalue weighted by atomic mass is 10.2. The van der Waals surface area contributed by atoms with Crippen LogP contribution >= 0.6 is 23.5 Å². The van der Waals surface area contributed by atoms with Gasteiger partial charge in [-0.25, -0.2) is 0 Å². The predicted octanol–water partition coefficient (Wildman–Crippen LogP) is 4.90. The molecule has 0 amide bonds. The third-order valence-electron chi connectivity index (χ3n) is 1.93. The van der Waals surface area contributed by atoms with Crippen molar-refractivity contribution in [3.05, 3.63) is 28.7 Å². The highest BCUT2D eigenvalue weighted by Gasteiger charge is 2.36. The zero-order valence-corrected chi connectivity index (χ0v) is 14.8. The van der Waals surface area contributed by atoms with Gasteiger partial charge in [0.15, 0.2) is 0 Å². The summed E-state index contributed by atoms with van der Waals surface area (Å²) in [4.78, 5) is 0. The van der Waals surface area contributed by atoms with Crippen LogP contribution in [0.4, 0.5) is 0 Å². The van der Waals surface area contributed by atoms with Gasteiger partial charge in [0, 0.05) is 4.47 Å². The first kappa shape index (κ1) is 16.9. The van der Waals surface area contributed by atoms with E-state index in [4.69, 9.17) is 9.05 Å². The van der Waals surface area contributed by atoms with Crippen molar-refractivity contribution in [1.82, 2.24) is 0 Å². The van der Waals surface area contributed by atoms with Crippen LogP contribution < -0.4 is 5.30 Å². The maximum absolute atomic E-state index is 13.1. The highest BCUT2D eigenvalue weighted by Crippen LogP contribution is 2.53. The highest BCUT2D eigenvalue weighted by atomic mass is 79.9. The fourth-order valence-corrected chi connectivity index (χ4v) is 3.94. The molecule has 0 aliphatic heterocycles. The van der Waals surface area contributed by atoms with Crippen molar-refractivity contribution in [3.63, 3.8) is 0 Å². The Hall–Kier alpha value is -0.150. The summed E-state index contributed by atoms with van der Waals surface area (Å²) >= 11 is 3.36. The molecule has 1 aromatic carbocycles. The maximum Gasteiger partial charge on any atom is 0.362 e. The van der Waals surface area contributed by atoms with Crippen LogP contribution in [-0.2, 0) is 13.6 Å². The van der Waals surface area contributed by atoms with Crippen molar-refractivity contribution in [3.8, 4) is 0 Å². The van der Waals surface area contributed by atoms with Gasteiger partial charge in [-0.05, 0) is 65.8 Å². The number of hydrogen-bond donors (Lipinski definition) is 0. The van der Waals surface area contributed by atoms with Crippen molar-refractivity contribution in [2.24, 2.45) is 0 Å². The number of rotatable bonds is 3.